The van der Waals surface area contributed by atoms with Gasteiger partial charge in [0.25, 0.3) is 10.2 Å². The van der Waals surface area contributed by atoms with E-state index < -0.39 is 71.7 Å². The fourth-order valence-corrected chi connectivity index (χ4v) is 7.09. The van der Waals surface area contributed by atoms with Gasteiger partial charge in [0.2, 0.25) is 12.1 Å². The molecule has 4 heterocycles. The van der Waals surface area contributed by atoms with Crippen molar-refractivity contribution < 1.29 is 62.7 Å². The van der Waals surface area contributed by atoms with Crippen LogP contribution in [0.15, 0.2) is 48.5 Å². The van der Waals surface area contributed by atoms with Gasteiger partial charge in [-0.15, -0.1) is 30.4 Å². The average molecular weight is 873 g/mol. The molecule has 3 unspecified atom stereocenters. The first-order valence-corrected chi connectivity index (χ1v) is 19.5. The van der Waals surface area contributed by atoms with Gasteiger partial charge in [0.05, 0.1) is 13.2 Å². The van der Waals surface area contributed by atoms with Crippen LogP contribution in [0.2, 0.25) is 5.15 Å². The number of benzene rings is 2. The van der Waals surface area contributed by atoms with Gasteiger partial charge in [0.1, 0.15) is 30.7 Å². The number of unbranched alkanes of at least 4 members (excludes halogenated alkanes) is 1. The molecule has 1 N–H and O–H groups in total. The molecule has 2 saturated heterocycles. The largest absolute Gasteiger partial charge is 0.511 e. The van der Waals surface area contributed by atoms with Crippen LogP contribution in [0.1, 0.15) is 67.8 Å². The highest BCUT2D eigenvalue weighted by atomic mass is 35.5. The Hall–Kier alpha value is -6.46. The van der Waals surface area contributed by atoms with Crippen molar-refractivity contribution in [3.8, 4) is 22.5 Å². The molecular weight excluding hydrogens is 832 g/mol. The molecule has 6 atom stereocenters. The number of carbonyl (C=O) groups is 3. The summed E-state index contributed by atoms with van der Waals surface area (Å²) in [6.45, 7) is 2.69. The lowest BCUT2D eigenvalue weighted by molar-refractivity contribution is -0.790. The van der Waals surface area contributed by atoms with Gasteiger partial charge >= 0.3 is 18.1 Å². The number of hydrogen-bond acceptors (Lipinski definition) is 19. The number of aromatic amines is 1. The number of carbonyl (C=O) groups excluding carboxylic acids is 3. The second-order valence-electron chi connectivity index (χ2n) is 13.8. The van der Waals surface area contributed by atoms with Crippen molar-refractivity contribution in [3.05, 3.63) is 91.0 Å². The quantitative estimate of drug-likeness (QED) is 0.0397. The number of fused-ring (bicyclic) bond motifs is 1. The molecule has 0 amide bonds. The molecule has 0 spiro atoms. The molecule has 0 saturated carbocycles. The van der Waals surface area contributed by atoms with E-state index in [0.717, 1.165) is 35.1 Å². The van der Waals surface area contributed by atoms with Crippen molar-refractivity contribution in [3.63, 3.8) is 0 Å². The maximum atomic E-state index is 13.6. The molecule has 4 aromatic rings. The maximum absolute atomic E-state index is 13.6. The number of rotatable bonds is 21. The lowest BCUT2D eigenvalue weighted by Crippen LogP contribution is -2.36. The predicted molar refractivity (Wildman–Crippen MR) is 204 cm³/mol. The molecule has 61 heavy (non-hydrogen) atoms. The standard InChI is InChI=1S/C37H41ClN8O15/c1-3-4-11-29-39-34(38)31(44(29)17-22-13-15-23(16-14-22)25-9-5-6-10-26(25)35-40-42-43-41-35)36(48)57-21(2)58-37(49)60-28-20-55-32-27(19-54-33(28)32)59-30(47)12-7-8-24(61-46(52)53)18-56-45(50)51/h5-6,9-10,13-16,21,24,27-28,32-33H,3-4,7-8,11-12,17-20H2,1-2H3,(H,40,41,42,43)/t21?,24-,27+,28+,32?,33?/m0/s1. The lowest BCUT2D eigenvalue weighted by atomic mass is 9.98. The van der Waals surface area contributed by atoms with E-state index in [2.05, 4.69) is 35.3 Å². The summed E-state index contributed by atoms with van der Waals surface area (Å²) in [5.74, 6) is -0.541. The van der Waals surface area contributed by atoms with Crippen LogP contribution >= 0.6 is 11.6 Å². The fourth-order valence-electron chi connectivity index (χ4n) is 6.82. The molecule has 0 aliphatic carbocycles. The molecule has 24 heteroatoms. The van der Waals surface area contributed by atoms with Crippen LogP contribution in [0.4, 0.5) is 4.79 Å². The number of ether oxygens (including phenoxy) is 6. The van der Waals surface area contributed by atoms with Gasteiger partial charge in [-0.25, -0.2) is 14.6 Å². The van der Waals surface area contributed by atoms with Crippen molar-refractivity contribution in [2.75, 3.05) is 19.8 Å². The minimum absolute atomic E-state index is 0.0244. The summed E-state index contributed by atoms with van der Waals surface area (Å²) in [5, 5.41) is 33.2. The van der Waals surface area contributed by atoms with Crippen molar-refractivity contribution in [2.24, 2.45) is 0 Å². The van der Waals surface area contributed by atoms with E-state index in [1.807, 2.05) is 55.5 Å². The van der Waals surface area contributed by atoms with E-state index in [4.69, 9.17) is 40.0 Å². The summed E-state index contributed by atoms with van der Waals surface area (Å²) in [4.78, 5) is 73.0. The molecule has 2 aromatic heterocycles. The minimum atomic E-state index is -1.42. The van der Waals surface area contributed by atoms with E-state index in [1.54, 1.807) is 4.57 Å². The lowest BCUT2D eigenvalue weighted by Gasteiger charge is -2.19. The van der Waals surface area contributed by atoms with E-state index in [9.17, 15) is 34.6 Å². The maximum Gasteiger partial charge on any atom is 0.511 e. The van der Waals surface area contributed by atoms with Crippen LogP contribution in [0.3, 0.4) is 0 Å². The van der Waals surface area contributed by atoms with Crippen molar-refractivity contribution >= 4 is 29.7 Å². The number of imidazole rings is 1. The zero-order chi connectivity index (χ0) is 43.5. The molecule has 0 bridgehead atoms. The van der Waals surface area contributed by atoms with Gasteiger partial charge in [-0.05, 0) is 41.2 Å². The highest BCUT2D eigenvalue weighted by molar-refractivity contribution is 6.32. The number of tetrazole rings is 1. The first-order valence-electron chi connectivity index (χ1n) is 19.2. The molecule has 2 aromatic carbocycles. The minimum Gasteiger partial charge on any atom is -0.457 e. The van der Waals surface area contributed by atoms with E-state index in [-0.39, 0.29) is 49.9 Å². The van der Waals surface area contributed by atoms with Crippen LogP contribution in [0.25, 0.3) is 22.5 Å². The van der Waals surface area contributed by atoms with Gasteiger partial charge in [-0.3, -0.25) is 4.79 Å². The van der Waals surface area contributed by atoms with Crippen molar-refractivity contribution in [1.29, 1.82) is 0 Å². The molecule has 326 valence electrons. The Labute approximate surface area is 351 Å². The zero-order valence-electron chi connectivity index (χ0n) is 32.8. The Kier molecular flexibility index (Phi) is 15.0. The number of hydrogen-bond donors (Lipinski definition) is 1. The summed E-state index contributed by atoms with van der Waals surface area (Å²) in [6.07, 6.45) is -5.38. The molecule has 2 aliphatic rings. The Morgan fingerprint density at radius 1 is 0.967 bits per heavy atom. The summed E-state index contributed by atoms with van der Waals surface area (Å²) >= 11 is 6.54. The molecule has 6 rings (SSSR count). The highest BCUT2D eigenvalue weighted by Gasteiger charge is 2.51. The first kappa shape index (κ1) is 44.1. The predicted octanol–water partition coefficient (Wildman–Crippen LogP) is 4.46. The number of H-pyrrole nitrogens is 1. The second-order valence-corrected chi connectivity index (χ2v) is 14.2. The SMILES string of the molecule is CCCCc1nc(Cl)c(C(=O)OC(C)OC(=O)O[C@@H]2COC3C2OC[C@H]3OC(=O)CCC[C@@H](CO[N+](=O)[O-])O[N+](=O)[O-])n1Cc1ccc(-c2ccccc2-c2nn[nH]n2)cc1. The monoisotopic (exact) mass is 872 g/mol. The third kappa shape index (κ3) is 11.6. The van der Waals surface area contributed by atoms with E-state index in [0.29, 0.717) is 18.1 Å². The van der Waals surface area contributed by atoms with Crippen molar-refractivity contribution in [2.45, 2.75) is 95.7 Å². The van der Waals surface area contributed by atoms with Gasteiger partial charge in [-0.1, -0.05) is 73.5 Å². The summed E-state index contributed by atoms with van der Waals surface area (Å²) in [7, 11) is 0. The second kappa shape index (κ2) is 20.7. The molecule has 2 aliphatic heterocycles. The van der Waals surface area contributed by atoms with Crippen LogP contribution in [-0.4, -0.2) is 115 Å². The van der Waals surface area contributed by atoms with E-state index >= 15 is 0 Å². The number of aromatic nitrogens is 6. The summed E-state index contributed by atoms with van der Waals surface area (Å²) in [5.41, 5.74) is 3.43. The summed E-state index contributed by atoms with van der Waals surface area (Å²) < 4.78 is 34.7. The fraction of sp³-hybridized carbons (Fsp3) is 0.486. The number of halogens is 1. The van der Waals surface area contributed by atoms with Gasteiger partial charge in [0, 0.05) is 31.9 Å². The summed E-state index contributed by atoms with van der Waals surface area (Å²) in [6, 6.07) is 15.4. The Morgan fingerprint density at radius 2 is 1.67 bits per heavy atom. The van der Waals surface area contributed by atoms with Crippen LogP contribution in [0, 0.1) is 20.2 Å². The van der Waals surface area contributed by atoms with Crippen LogP contribution in [-0.2, 0) is 55.9 Å². The van der Waals surface area contributed by atoms with Gasteiger partial charge < -0.3 is 42.7 Å². The molecule has 2 fully saturated rings. The Morgan fingerprint density at radius 3 is 2.33 bits per heavy atom. The Bertz CT molecular complexity index is 2160. The van der Waals surface area contributed by atoms with Crippen LogP contribution < -0.4 is 0 Å². The highest BCUT2D eigenvalue weighted by Crippen LogP contribution is 2.32. The number of aryl methyl sites for hydroxylation is 1. The van der Waals surface area contributed by atoms with Gasteiger partial charge in [-0.2, -0.15) is 5.21 Å². The Balaban J connectivity index is 1.01. The zero-order valence-corrected chi connectivity index (χ0v) is 33.5. The average Bonchev–Trinajstić information content (AvgIpc) is 4.03. The number of esters is 2. The topological polar surface area (TPSA) is 284 Å². The van der Waals surface area contributed by atoms with Crippen LogP contribution in [0.5, 0.6) is 0 Å². The van der Waals surface area contributed by atoms with Gasteiger partial charge in [0.15, 0.2) is 23.1 Å². The third-order valence-electron chi connectivity index (χ3n) is 9.61. The van der Waals surface area contributed by atoms with Crippen molar-refractivity contribution in [1.82, 2.24) is 30.2 Å². The molecular formula is C37H41ClN8O15. The smallest absolute Gasteiger partial charge is 0.457 e. The number of nitrogens with zero attached hydrogens (tertiary/aromatic N) is 7. The molecule has 23 nitrogen and oxygen atoms in total. The van der Waals surface area contributed by atoms with E-state index in [1.165, 1.54) is 6.92 Å². The first-order chi connectivity index (χ1) is 29.4. The molecule has 0 radical (unpaired) electrons. The number of nitrogens with one attached hydrogen (secondary N) is 1. The normalized spacial score (nSPS) is 19.0. The third-order valence-corrected chi connectivity index (χ3v) is 9.87.